The minimum atomic E-state index is 1.22. The number of nitrogens with zero attached hydrogens (tertiary/aromatic N) is 2. The van der Waals surface area contributed by atoms with Crippen molar-refractivity contribution in [2.24, 2.45) is 0 Å². The van der Waals surface area contributed by atoms with Gasteiger partial charge >= 0.3 is 0 Å². The highest BCUT2D eigenvalue weighted by Gasteiger charge is 2.00. The Balaban J connectivity index is 2.62. The first-order valence-electron chi connectivity index (χ1n) is 3.52. The van der Waals surface area contributed by atoms with Gasteiger partial charge in [-0.25, -0.2) is 0 Å². The third-order valence-corrected chi connectivity index (χ3v) is 3.35. The van der Waals surface area contributed by atoms with Gasteiger partial charge in [-0.3, -0.25) is 0 Å². The van der Waals surface area contributed by atoms with Crippen LogP contribution in [0.15, 0.2) is 24.5 Å². The standard InChI is InChI=1S/C8H4N2S2/c1-5-3-9-12-8(5)2-6-4-10-11-7(1)6/h1-4H. The van der Waals surface area contributed by atoms with E-state index in [9.17, 15) is 0 Å². The van der Waals surface area contributed by atoms with Crippen LogP contribution in [-0.2, 0) is 0 Å². The van der Waals surface area contributed by atoms with Crippen molar-refractivity contribution >= 4 is 43.2 Å². The first kappa shape index (κ1) is 6.51. The lowest BCUT2D eigenvalue weighted by atomic mass is 10.2. The van der Waals surface area contributed by atoms with Crippen LogP contribution in [0, 0.1) is 0 Å². The fraction of sp³-hybridized carbons (Fsp3) is 0. The van der Waals surface area contributed by atoms with E-state index in [0.29, 0.717) is 0 Å². The summed E-state index contributed by atoms with van der Waals surface area (Å²) in [5, 5.41) is 2.44. The maximum Gasteiger partial charge on any atom is 0.0557 e. The molecule has 0 atom stereocenters. The van der Waals surface area contributed by atoms with Crippen LogP contribution in [0.25, 0.3) is 20.2 Å². The van der Waals surface area contributed by atoms with Gasteiger partial charge in [-0.15, -0.1) is 0 Å². The summed E-state index contributed by atoms with van der Waals surface area (Å²) in [5.41, 5.74) is 0. The van der Waals surface area contributed by atoms with Crippen LogP contribution in [0.1, 0.15) is 0 Å². The highest BCUT2D eigenvalue weighted by Crippen LogP contribution is 2.26. The van der Waals surface area contributed by atoms with Crippen LogP contribution < -0.4 is 0 Å². The second-order valence-corrected chi connectivity index (χ2v) is 4.25. The highest BCUT2D eigenvalue weighted by atomic mass is 32.1. The van der Waals surface area contributed by atoms with E-state index in [0.717, 1.165) is 0 Å². The van der Waals surface area contributed by atoms with Gasteiger partial charge < -0.3 is 0 Å². The zero-order valence-corrected chi connectivity index (χ0v) is 7.65. The van der Waals surface area contributed by atoms with E-state index in [1.54, 1.807) is 0 Å². The topological polar surface area (TPSA) is 25.8 Å². The molecule has 3 aromatic rings. The van der Waals surface area contributed by atoms with Gasteiger partial charge in [-0.2, -0.15) is 8.75 Å². The molecule has 0 aliphatic rings. The highest BCUT2D eigenvalue weighted by molar-refractivity contribution is 7.15. The molecule has 2 heterocycles. The summed E-state index contributed by atoms with van der Waals surface area (Å²) in [6.07, 6.45) is 3.80. The van der Waals surface area contributed by atoms with Gasteiger partial charge in [0.05, 0.1) is 9.40 Å². The first-order chi connectivity index (χ1) is 5.93. The molecule has 58 valence electrons. The molecule has 4 heteroatoms. The molecular weight excluding hydrogens is 188 g/mol. The summed E-state index contributed by atoms with van der Waals surface area (Å²) in [5.74, 6) is 0. The largest absolute Gasteiger partial charge is 0.200 e. The fourth-order valence-corrected chi connectivity index (χ4v) is 2.58. The van der Waals surface area contributed by atoms with E-state index in [2.05, 4.69) is 20.9 Å². The summed E-state index contributed by atoms with van der Waals surface area (Å²) in [7, 11) is 0. The molecule has 3 rings (SSSR count). The van der Waals surface area contributed by atoms with E-state index in [1.165, 1.54) is 43.2 Å². The van der Waals surface area contributed by atoms with Crippen molar-refractivity contribution in [3.63, 3.8) is 0 Å². The van der Waals surface area contributed by atoms with Gasteiger partial charge in [0, 0.05) is 23.2 Å². The number of aromatic nitrogens is 2. The zero-order valence-electron chi connectivity index (χ0n) is 6.02. The van der Waals surface area contributed by atoms with Crippen molar-refractivity contribution in [2.45, 2.75) is 0 Å². The van der Waals surface area contributed by atoms with Gasteiger partial charge in [0.1, 0.15) is 0 Å². The molecule has 0 radical (unpaired) electrons. The lowest BCUT2D eigenvalue weighted by Crippen LogP contribution is -1.62. The third kappa shape index (κ3) is 0.790. The van der Waals surface area contributed by atoms with Crippen molar-refractivity contribution < 1.29 is 0 Å². The molecule has 0 unspecified atom stereocenters. The zero-order chi connectivity index (χ0) is 7.97. The number of hydrogen-bond acceptors (Lipinski definition) is 4. The van der Waals surface area contributed by atoms with Gasteiger partial charge in [-0.05, 0) is 35.2 Å². The second kappa shape index (κ2) is 2.24. The quantitative estimate of drug-likeness (QED) is 0.547. The molecule has 0 N–H and O–H groups in total. The molecule has 0 spiro atoms. The lowest BCUT2D eigenvalue weighted by Gasteiger charge is -1.86. The number of benzene rings is 1. The van der Waals surface area contributed by atoms with E-state index in [1.807, 2.05) is 12.4 Å². The average molecular weight is 192 g/mol. The normalized spacial score (nSPS) is 11.3. The Labute approximate surface area is 76.8 Å². The summed E-state index contributed by atoms with van der Waals surface area (Å²) in [6.45, 7) is 0. The Morgan fingerprint density at radius 3 is 1.83 bits per heavy atom. The summed E-state index contributed by atoms with van der Waals surface area (Å²) < 4.78 is 10.7. The summed E-state index contributed by atoms with van der Waals surface area (Å²) >= 11 is 3.06. The predicted octanol–water partition coefficient (Wildman–Crippen LogP) is 2.91. The summed E-state index contributed by atoms with van der Waals surface area (Å²) in [4.78, 5) is 0. The third-order valence-electron chi connectivity index (χ3n) is 1.83. The van der Waals surface area contributed by atoms with Crippen molar-refractivity contribution in [3.8, 4) is 0 Å². The molecular formula is C8H4N2S2. The van der Waals surface area contributed by atoms with Crippen LogP contribution in [0.2, 0.25) is 0 Å². The molecule has 0 amide bonds. The molecule has 0 fully saturated rings. The Hall–Kier alpha value is -1.00. The second-order valence-electron chi connectivity index (χ2n) is 2.58. The monoisotopic (exact) mass is 192 g/mol. The lowest BCUT2D eigenvalue weighted by molar-refractivity contribution is 1.61. The van der Waals surface area contributed by atoms with Crippen LogP contribution in [0.3, 0.4) is 0 Å². The first-order valence-corrected chi connectivity index (χ1v) is 5.07. The molecule has 0 bridgehead atoms. The Morgan fingerprint density at radius 2 is 1.33 bits per heavy atom. The Kier molecular flexibility index (Phi) is 1.22. The van der Waals surface area contributed by atoms with E-state index < -0.39 is 0 Å². The minimum absolute atomic E-state index is 1.22. The Bertz CT molecular complexity index is 447. The van der Waals surface area contributed by atoms with E-state index in [4.69, 9.17) is 0 Å². The summed E-state index contributed by atoms with van der Waals surface area (Å²) in [6, 6.07) is 4.29. The number of fused-ring (bicyclic) bond motifs is 2. The molecule has 0 saturated heterocycles. The number of rotatable bonds is 0. The maximum atomic E-state index is 4.13. The van der Waals surface area contributed by atoms with Gasteiger partial charge in [0.15, 0.2) is 0 Å². The molecule has 2 nitrogen and oxygen atoms in total. The predicted molar refractivity (Wildman–Crippen MR) is 52.8 cm³/mol. The fourth-order valence-electron chi connectivity index (χ4n) is 1.23. The van der Waals surface area contributed by atoms with E-state index in [-0.39, 0.29) is 0 Å². The van der Waals surface area contributed by atoms with Crippen molar-refractivity contribution in [1.29, 1.82) is 0 Å². The molecule has 0 saturated carbocycles. The average Bonchev–Trinajstić information content (AvgIpc) is 2.64. The SMILES string of the molecule is c1nsc2cc3cnsc3cc12. The minimum Gasteiger partial charge on any atom is -0.200 e. The van der Waals surface area contributed by atoms with Gasteiger partial charge in [0.25, 0.3) is 0 Å². The van der Waals surface area contributed by atoms with Gasteiger partial charge in [-0.1, -0.05) is 0 Å². The maximum absolute atomic E-state index is 4.13. The molecule has 0 aliphatic carbocycles. The van der Waals surface area contributed by atoms with Crippen LogP contribution in [0.5, 0.6) is 0 Å². The van der Waals surface area contributed by atoms with E-state index >= 15 is 0 Å². The smallest absolute Gasteiger partial charge is 0.0557 e. The van der Waals surface area contributed by atoms with Crippen molar-refractivity contribution in [1.82, 2.24) is 8.75 Å². The van der Waals surface area contributed by atoms with Crippen molar-refractivity contribution in [2.75, 3.05) is 0 Å². The van der Waals surface area contributed by atoms with Gasteiger partial charge in [0.2, 0.25) is 0 Å². The number of hydrogen-bond donors (Lipinski definition) is 0. The van der Waals surface area contributed by atoms with Crippen LogP contribution in [0.4, 0.5) is 0 Å². The van der Waals surface area contributed by atoms with Crippen LogP contribution in [-0.4, -0.2) is 8.75 Å². The Morgan fingerprint density at radius 1 is 0.833 bits per heavy atom. The molecule has 0 aliphatic heterocycles. The molecule has 2 aromatic heterocycles. The van der Waals surface area contributed by atoms with Crippen molar-refractivity contribution in [3.05, 3.63) is 24.5 Å². The molecule has 1 aromatic carbocycles. The van der Waals surface area contributed by atoms with Crippen LogP contribution >= 0.6 is 23.1 Å². The molecule has 12 heavy (non-hydrogen) atoms.